The van der Waals surface area contributed by atoms with E-state index >= 15 is 0 Å². The summed E-state index contributed by atoms with van der Waals surface area (Å²) in [4.78, 5) is 0. The molecule has 0 saturated carbocycles. The minimum atomic E-state index is 0.0502. The number of hydrogen-bond acceptors (Lipinski definition) is 2. The number of rotatable bonds is 5. The van der Waals surface area contributed by atoms with Crippen molar-refractivity contribution in [2.75, 3.05) is 0 Å². The fraction of sp³-hybridized carbons (Fsp3) is 0.571. The molecule has 0 bridgehead atoms. The molecule has 0 aliphatic rings. The van der Waals surface area contributed by atoms with Gasteiger partial charge in [-0.1, -0.05) is 26.0 Å². The van der Waals surface area contributed by atoms with Gasteiger partial charge >= 0.3 is 0 Å². The number of hydrogen-bond donors (Lipinski definition) is 1. The molecule has 90 valence electrons. The van der Waals surface area contributed by atoms with Gasteiger partial charge in [-0.05, 0) is 43.9 Å². The zero-order valence-corrected chi connectivity index (χ0v) is 10.7. The molecule has 16 heavy (non-hydrogen) atoms. The van der Waals surface area contributed by atoms with Crippen LogP contribution in [0.5, 0.6) is 5.75 Å². The summed E-state index contributed by atoms with van der Waals surface area (Å²) in [5.41, 5.74) is 7.12. The van der Waals surface area contributed by atoms with E-state index in [-0.39, 0.29) is 12.1 Å². The Bertz CT molecular complexity index is 305. The predicted molar refractivity (Wildman–Crippen MR) is 68.9 cm³/mol. The standard InChI is InChI=1S/C14H23NO/c1-5-10(2)13-6-8-14(9-7-13)16-12(4)11(3)15/h6-12H,5,15H2,1-4H3/t10?,11-,12?/m0/s1. The fourth-order valence-electron chi connectivity index (χ4n) is 1.43. The normalized spacial score (nSPS) is 16.6. The minimum Gasteiger partial charge on any atom is -0.489 e. The second kappa shape index (κ2) is 5.90. The quantitative estimate of drug-likeness (QED) is 0.828. The van der Waals surface area contributed by atoms with Gasteiger partial charge in [0.05, 0.1) is 0 Å². The smallest absolute Gasteiger partial charge is 0.119 e. The van der Waals surface area contributed by atoms with Crippen molar-refractivity contribution < 1.29 is 4.74 Å². The molecule has 1 aromatic carbocycles. The first-order valence-corrected chi connectivity index (χ1v) is 6.06. The first-order chi connectivity index (χ1) is 7.54. The van der Waals surface area contributed by atoms with Crippen molar-refractivity contribution in [2.24, 2.45) is 5.73 Å². The highest BCUT2D eigenvalue weighted by atomic mass is 16.5. The molecule has 2 heteroatoms. The minimum absolute atomic E-state index is 0.0502. The highest BCUT2D eigenvalue weighted by Crippen LogP contribution is 2.22. The van der Waals surface area contributed by atoms with Gasteiger partial charge in [0.1, 0.15) is 11.9 Å². The summed E-state index contributed by atoms with van der Waals surface area (Å²) < 4.78 is 5.72. The van der Waals surface area contributed by atoms with Gasteiger partial charge in [0.2, 0.25) is 0 Å². The summed E-state index contributed by atoms with van der Waals surface area (Å²) in [7, 11) is 0. The van der Waals surface area contributed by atoms with Gasteiger partial charge in [-0.25, -0.2) is 0 Å². The fourth-order valence-corrected chi connectivity index (χ4v) is 1.43. The maximum Gasteiger partial charge on any atom is 0.119 e. The predicted octanol–water partition coefficient (Wildman–Crippen LogP) is 3.31. The molecule has 0 saturated heterocycles. The highest BCUT2D eigenvalue weighted by Gasteiger charge is 2.09. The summed E-state index contributed by atoms with van der Waals surface area (Å²) in [5, 5.41) is 0. The van der Waals surface area contributed by atoms with Crippen LogP contribution >= 0.6 is 0 Å². The number of nitrogens with two attached hydrogens (primary N) is 1. The van der Waals surface area contributed by atoms with Gasteiger partial charge in [-0.2, -0.15) is 0 Å². The molecular formula is C14H23NO. The Kier molecular flexibility index (Phi) is 4.81. The van der Waals surface area contributed by atoms with Gasteiger partial charge in [-0.15, -0.1) is 0 Å². The first-order valence-electron chi connectivity index (χ1n) is 6.06. The molecule has 0 aliphatic carbocycles. The third-order valence-corrected chi connectivity index (χ3v) is 3.12. The topological polar surface area (TPSA) is 35.2 Å². The zero-order chi connectivity index (χ0) is 12.1. The number of ether oxygens (including phenoxy) is 1. The molecule has 1 rings (SSSR count). The molecule has 0 aliphatic heterocycles. The van der Waals surface area contributed by atoms with Crippen LogP contribution in [0, 0.1) is 0 Å². The van der Waals surface area contributed by atoms with E-state index in [4.69, 9.17) is 10.5 Å². The van der Waals surface area contributed by atoms with Crippen molar-refractivity contribution in [3.63, 3.8) is 0 Å². The van der Waals surface area contributed by atoms with Crippen LogP contribution in [0.1, 0.15) is 45.6 Å². The first kappa shape index (κ1) is 13.0. The maximum absolute atomic E-state index is 5.76. The van der Waals surface area contributed by atoms with E-state index in [0.29, 0.717) is 5.92 Å². The van der Waals surface area contributed by atoms with Crippen LogP contribution in [-0.2, 0) is 0 Å². The molecule has 0 spiro atoms. The van der Waals surface area contributed by atoms with Crippen LogP contribution in [0.25, 0.3) is 0 Å². The van der Waals surface area contributed by atoms with Crippen molar-refractivity contribution in [1.29, 1.82) is 0 Å². The molecule has 1 aromatic rings. The molecular weight excluding hydrogens is 198 g/mol. The zero-order valence-electron chi connectivity index (χ0n) is 10.7. The Morgan fingerprint density at radius 2 is 1.69 bits per heavy atom. The Hall–Kier alpha value is -1.02. The summed E-state index contributed by atoms with van der Waals surface area (Å²) in [5.74, 6) is 1.51. The van der Waals surface area contributed by atoms with Crippen LogP contribution in [0.2, 0.25) is 0 Å². The van der Waals surface area contributed by atoms with Crippen molar-refractivity contribution in [3.8, 4) is 5.75 Å². The van der Waals surface area contributed by atoms with E-state index in [0.717, 1.165) is 12.2 Å². The highest BCUT2D eigenvalue weighted by molar-refractivity contribution is 5.29. The van der Waals surface area contributed by atoms with Crippen molar-refractivity contribution in [1.82, 2.24) is 0 Å². The second-order valence-electron chi connectivity index (χ2n) is 4.56. The molecule has 2 nitrogen and oxygen atoms in total. The van der Waals surface area contributed by atoms with E-state index < -0.39 is 0 Å². The van der Waals surface area contributed by atoms with E-state index in [9.17, 15) is 0 Å². The molecule has 0 fully saturated rings. The van der Waals surface area contributed by atoms with Crippen LogP contribution in [-0.4, -0.2) is 12.1 Å². The average Bonchev–Trinajstić information content (AvgIpc) is 2.28. The summed E-state index contributed by atoms with van der Waals surface area (Å²) in [6.07, 6.45) is 1.21. The lowest BCUT2D eigenvalue weighted by Crippen LogP contribution is -2.33. The van der Waals surface area contributed by atoms with Crippen LogP contribution in [0.4, 0.5) is 0 Å². The van der Waals surface area contributed by atoms with Gasteiger partial charge in [0, 0.05) is 6.04 Å². The summed E-state index contributed by atoms with van der Waals surface area (Å²) >= 11 is 0. The lowest BCUT2D eigenvalue weighted by Gasteiger charge is -2.18. The second-order valence-corrected chi connectivity index (χ2v) is 4.56. The Morgan fingerprint density at radius 1 is 1.12 bits per heavy atom. The van der Waals surface area contributed by atoms with Gasteiger partial charge in [0.25, 0.3) is 0 Å². The summed E-state index contributed by atoms with van der Waals surface area (Å²) in [6.45, 7) is 8.39. The van der Waals surface area contributed by atoms with E-state index in [2.05, 4.69) is 26.0 Å². The average molecular weight is 221 g/mol. The number of benzene rings is 1. The van der Waals surface area contributed by atoms with E-state index in [1.54, 1.807) is 0 Å². The Balaban J connectivity index is 2.64. The molecule has 3 atom stereocenters. The van der Waals surface area contributed by atoms with Crippen molar-refractivity contribution in [2.45, 2.75) is 52.2 Å². The van der Waals surface area contributed by atoms with Gasteiger partial charge < -0.3 is 10.5 Å². The third-order valence-electron chi connectivity index (χ3n) is 3.12. The molecule has 2 unspecified atom stereocenters. The molecule has 0 radical (unpaired) electrons. The van der Waals surface area contributed by atoms with Crippen LogP contribution < -0.4 is 10.5 Å². The van der Waals surface area contributed by atoms with E-state index in [1.165, 1.54) is 5.56 Å². The molecule has 2 N–H and O–H groups in total. The van der Waals surface area contributed by atoms with Gasteiger partial charge in [0.15, 0.2) is 0 Å². The van der Waals surface area contributed by atoms with E-state index in [1.807, 2.05) is 26.0 Å². The molecule has 0 amide bonds. The SMILES string of the molecule is CCC(C)c1ccc(OC(C)[C@H](C)N)cc1. The molecule has 0 heterocycles. The van der Waals surface area contributed by atoms with Gasteiger partial charge in [-0.3, -0.25) is 0 Å². The third kappa shape index (κ3) is 3.53. The largest absolute Gasteiger partial charge is 0.489 e. The molecule has 0 aromatic heterocycles. The van der Waals surface area contributed by atoms with Crippen molar-refractivity contribution >= 4 is 0 Å². The maximum atomic E-state index is 5.76. The van der Waals surface area contributed by atoms with Crippen LogP contribution in [0.15, 0.2) is 24.3 Å². The Morgan fingerprint density at radius 3 is 2.12 bits per heavy atom. The lowest BCUT2D eigenvalue weighted by molar-refractivity contribution is 0.196. The monoisotopic (exact) mass is 221 g/mol. The summed E-state index contributed by atoms with van der Waals surface area (Å²) in [6, 6.07) is 8.38. The van der Waals surface area contributed by atoms with Crippen molar-refractivity contribution in [3.05, 3.63) is 29.8 Å². The lowest BCUT2D eigenvalue weighted by atomic mass is 9.99. The van der Waals surface area contributed by atoms with Crippen LogP contribution in [0.3, 0.4) is 0 Å². The Labute approximate surface area is 98.8 Å².